The zero-order valence-electron chi connectivity index (χ0n) is 13.9. The van der Waals surface area contributed by atoms with Crippen LogP contribution < -0.4 is 14.8 Å². The Kier molecular flexibility index (Phi) is 8.87. The van der Waals surface area contributed by atoms with Gasteiger partial charge in [0, 0.05) is 12.6 Å². The normalized spacial score (nSPS) is 11.1. The molecule has 0 bridgehead atoms. The maximum atomic E-state index is 5.71. The molecule has 0 amide bonds. The van der Waals surface area contributed by atoms with E-state index in [0.29, 0.717) is 12.6 Å². The van der Waals surface area contributed by atoms with Gasteiger partial charge in [0.15, 0.2) is 11.5 Å². The van der Waals surface area contributed by atoms with E-state index in [-0.39, 0.29) is 0 Å². The summed E-state index contributed by atoms with van der Waals surface area (Å²) in [6, 6.07) is 8.37. The number of para-hydroxylation sites is 2. The molecule has 0 spiro atoms. The summed E-state index contributed by atoms with van der Waals surface area (Å²) >= 11 is 0. The Labute approximate surface area is 129 Å². The average molecular weight is 294 g/mol. The lowest BCUT2D eigenvalue weighted by Crippen LogP contribution is -2.28. The van der Waals surface area contributed by atoms with Crippen molar-refractivity contribution in [3.05, 3.63) is 24.3 Å². The molecule has 1 aromatic rings. The second kappa shape index (κ2) is 10.5. The number of unbranched alkanes of at least 4 members (excludes halogenated alkanes) is 1. The number of benzene rings is 1. The minimum Gasteiger partial charge on any atom is -0.493 e. The fourth-order valence-electron chi connectivity index (χ4n) is 1.97. The molecule has 0 aliphatic rings. The van der Waals surface area contributed by atoms with Crippen molar-refractivity contribution < 1.29 is 9.47 Å². The largest absolute Gasteiger partial charge is 0.493 e. The molecule has 21 heavy (non-hydrogen) atoms. The van der Waals surface area contributed by atoms with E-state index in [2.05, 4.69) is 31.1 Å². The summed E-state index contributed by atoms with van der Waals surface area (Å²) in [7, 11) is 3.84. The van der Waals surface area contributed by atoms with Crippen LogP contribution in [-0.4, -0.2) is 51.3 Å². The zero-order chi connectivity index (χ0) is 15.5. The smallest absolute Gasteiger partial charge is 0.161 e. The van der Waals surface area contributed by atoms with Gasteiger partial charge >= 0.3 is 0 Å². The van der Waals surface area contributed by atoms with Crippen molar-refractivity contribution in [3.8, 4) is 11.5 Å². The molecule has 0 aliphatic heterocycles. The minimum absolute atomic E-state index is 0.632. The molecule has 4 heteroatoms. The standard InChI is InChI=1S/C17H30N2O2/c1-15(2)19(3)13-8-7-11-18-12-14-21-17-10-6-5-9-16(17)20-4/h5-6,9-10,15,18H,7-8,11-14H2,1-4H3. The van der Waals surface area contributed by atoms with Gasteiger partial charge in [-0.1, -0.05) is 12.1 Å². The lowest BCUT2D eigenvalue weighted by atomic mass is 10.2. The van der Waals surface area contributed by atoms with E-state index in [1.54, 1.807) is 7.11 Å². The third-order valence-electron chi connectivity index (χ3n) is 3.60. The Bertz CT molecular complexity index is 383. The first-order valence-electron chi connectivity index (χ1n) is 7.82. The maximum Gasteiger partial charge on any atom is 0.161 e. The van der Waals surface area contributed by atoms with Crippen LogP contribution in [0, 0.1) is 0 Å². The molecule has 1 N–H and O–H groups in total. The van der Waals surface area contributed by atoms with Crippen LogP contribution in [0.3, 0.4) is 0 Å². The highest BCUT2D eigenvalue weighted by atomic mass is 16.5. The van der Waals surface area contributed by atoms with Crippen LogP contribution in [0.2, 0.25) is 0 Å². The molecule has 0 fully saturated rings. The second-order valence-electron chi connectivity index (χ2n) is 5.53. The van der Waals surface area contributed by atoms with Crippen molar-refractivity contribution in [2.24, 2.45) is 0 Å². The topological polar surface area (TPSA) is 33.7 Å². The van der Waals surface area contributed by atoms with Crippen LogP contribution in [0.15, 0.2) is 24.3 Å². The Hall–Kier alpha value is -1.26. The van der Waals surface area contributed by atoms with E-state index in [4.69, 9.17) is 9.47 Å². The fraction of sp³-hybridized carbons (Fsp3) is 0.647. The van der Waals surface area contributed by atoms with Crippen LogP contribution in [-0.2, 0) is 0 Å². The molecule has 0 aliphatic carbocycles. The van der Waals surface area contributed by atoms with E-state index in [0.717, 1.165) is 31.1 Å². The summed E-state index contributed by atoms with van der Waals surface area (Å²) in [6.45, 7) is 8.18. The van der Waals surface area contributed by atoms with Crippen LogP contribution in [0.4, 0.5) is 0 Å². The number of nitrogens with one attached hydrogen (secondary N) is 1. The van der Waals surface area contributed by atoms with Crippen molar-refractivity contribution in [2.75, 3.05) is 40.4 Å². The van der Waals surface area contributed by atoms with Crippen molar-refractivity contribution in [2.45, 2.75) is 32.7 Å². The van der Waals surface area contributed by atoms with Gasteiger partial charge in [0.1, 0.15) is 6.61 Å². The van der Waals surface area contributed by atoms with Gasteiger partial charge in [-0.05, 0) is 59.0 Å². The third-order valence-corrected chi connectivity index (χ3v) is 3.60. The highest BCUT2D eigenvalue weighted by molar-refractivity contribution is 5.39. The van der Waals surface area contributed by atoms with Gasteiger partial charge in [-0.25, -0.2) is 0 Å². The number of rotatable bonds is 11. The van der Waals surface area contributed by atoms with Crippen LogP contribution in [0.1, 0.15) is 26.7 Å². The molecule has 0 unspecified atom stereocenters. The first kappa shape index (κ1) is 17.8. The van der Waals surface area contributed by atoms with E-state index in [9.17, 15) is 0 Å². The van der Waals surface area contributed by atoms with Gasteiger partial charge in [-0.15, -0.1) is 0 Å². The lowest BCUT2D eigenvalue weighted by molar-refractivity contribution is 0.266. The minimum atomic E-state index is 0.632. The summed E-state index contributed by atoms with van der Waals surface area (Å²) in [5.74, 6) is 1.59. The summed E-state index contributed by atoms with van der Waals surface area (Å²) in [5.41, 5.74) is 0. The van der Waals surface area contributed by atoms with Crippen LogP contribution in [0.5, 0.6) is 11.5 Å². The molecule has 1 aromatic carbocycles. The predicted molar refractivity (Wildman–Crippen MR) is 88.4 cm³/mol. The van der Waals surface area contributed by atoms with Crippen LogP contribution in [0.25, 0.3) is 0 Å². The molecule has 0 saturated carbocycles. The molecule has 0 heterocycles. The van der Waals surface area contributed by atoms with Gasteiger partial charge < -0.3 is 19.7 Å². The summed E-state index contributed by atoms with van der Waals surface area (Å²) in [4.78, 5) is 2.38. The summed E-state index contributed by atoms with van der Waals surface area (Å²) in [5, 5.41) is 3.41. The third kappa shape index (κ3) is 7.34. The SMILES string of the molecule is COc1ccccc1OCCNCCCCN(C)C(C)C. The quantitative estimate of drug-likeness (QED) is 0.636. The highest BCUT2D eigenvalue weighted by Gasteiger charge is 2.02. The van der Waals surface area contributed by atoms with Crippen molar-refractivity contribution >= 4 is 0 Å². The van der Waals surface area contributed by atoms with Crippen molar-refractivity contribution in [1.29, 1.82) is 0 Å². The molecular weight excluding hydrogens is 264 g/mol. The number of hydrogen-bond acceptors (Lipinski definition) is 4. The summed E-state index contributed by atoms with van der Waals surface area (Å²) in [6.07, 6.45) is 2.43. The van der Waals surface area contributed by atoms with Gasteiger partial charge in [-0.3, -0.25) is 0 Å². The molecular formula is C17H30N2O2. The Morgan fingerprint density at radius 1 is 1.10 bits per heavy atom. The summed E-state index contributed by atoms with van der Waals surface area (Å²) < 4.78 is 11.0. The van der Waals surface area contributed by atoms with Crippen molar-refractivity contribution in [1.82, 2.24) is 10.2 Å². The first-order valence-corrected chi connectivity index (χ1v) is 7.82. The number of ether oxygens (including phenoxy) is 2. The van der Waals surface area contributed by atoms with Gasteiger partial charge in [0.2, 0.25) is 0 Å². The number of nitrogens with zero attached hydrogens (tertiary/aromatic N) is 1. The molecule has 120 valence electrons. The monoisotopic (exact) mass is 294 g/mol. The van der Waals surface area contributed by atoms with E-state index >= 15 is 0 Å². The highest BCUT2D eigenvalue weighted by Crippen LogP contribution is 2.25. The average Bonchev–Trinajstić information content (AvgIpc) is 2.49. The number of hydrogen-bond donors (Lipinski definition) is 1. The van der Waals surface area contributed by atoms with Gasteiger partial charge in [0.25, 0.3) is 0 Å². The lowest BCUT2D eigenvalue weighted by Gasteiger charge is -2.20. The van der Waals surface area contributed by atoms with E-state index in [1.165, 1.54) is 12.8 Å². The Morgan fingerprint density at radius 2 is 1.81 bits per heavy atom. The maximum absolute atomic E-state index is 5.71. The molecule has 0 radical (unpaired) electrons. The second-order valence-corrected chi connectivity index (χ2v) is 5.53. The number of methoxy groups -OCH3 is 1. The van der Waals surface area contributed by atoms with Gasteiger partial charge in [-0.2, -0.15) is 0 Å². The van der Waals surface area contributed by atoms with Crippen molar-refractivity contribution in [3.63, 3.8) is 0 Å². The molecule has 4 nitrogen and oxygen atoms in total. The van der Waals surface area contributed by atoms with Crippen LogP contribution >= 0.6 is 0 Å². The Balaban J connectivity index is 2.02. The van der Waals surface area contributed by atoms with E-state index < -0.39 is 0 Å². The molecule has 0 aromatic heterocycles. The zero-order valence-corrected chi connectivity index (χ0v) is 13.9. The molecule has 0 atom stereocenters. The predicted octanol–water partition coefficient (Wildman–Crippen LogP) is 2.78. The van der Waals surface area contributed by atoms with Gasteiger partial charge in [0.05, 0.1) is 7.11 Å². The first-order chi connectivity index (χ1) is 10.1. The van der Waals surface area contributed by atoms with E-state index in [1.807, 2.05) is 24.3 Å². The molecule has 0 saturated heterocycles. The fourth-order valence-corrected chi connectivity index (χ4v) is 1.97. The molecule has 1 rings (SSSR count). The Morgan fingerprint density at radius 3 is 2.48 bits per heavy atom.